The largest absolute Gasteiger partial charge is 0.460 e. The first-order valence-electron chi connectivity index (χ1n) is 6.79. The number of carbonyl (C=O) groups is 2. The minimum absolute atomic E-state index is 0.0415. The first-order chi connectivity index (χ1) is 10.8. The van der Waals surface area contributed by atoms with E-state index < -0.39 is 30.3 Å². The van der Waals surface area contributed by atoms with Gasteiger partial charge >= 0.3 is 11.9 Å². The third-order valence-corrected chi connectivity index (χ3v) is 3.72. The maximum atomic E-state index is 13.3. The molecule has 2 heterocycles. The van der Waals surface area contributed by atoms with Crippen LogP contribution in [0.5, 0.6) is 11.5 Å². The van der Waals surface area contributed by atoms with Crippen LogP contribution in [0.2, 0.25) is 5.02 Å². The Labute approximate surface area is 134 Å². The van der Waals surface area contributed by atoms with Gasteiger partial charge in [-0.1, -0.05) is 11.6 Å². The van der Waals surface area contributed by atoms with E-state index in [1.165, 1.54) is 6.07 Å². The number of fused-ring (bicyclic) bond motifs is 1. The van der Waals surface area contributed by atoms with Gasteiger partial charge in [0.15, 0.2) is 11.5 Å². The molecule has 1 aromatic carbocycles. The first-order valence-corrected chi connectivity index (χ1v) is 7.16. The van der Waals surface area contributed by atoms with Crippen LogP contribution in [0.3, 0.4) is 0 Å². The molecule has 1 aromatic rings. The summed E-state index contributed by atoms with van der Waals surface area (Å²) in [6.45, 7) is -0.0954. The summed E-state index contributed by atoms with van der Waals surface area (Å²) in [5.41, 5.74) is 0.510. The van der Waals surface area contributed by atoms with Crippen LogP contribution in [0.25, 0.3) is 0 Å². The van der Waals surface area contributed by atoms with E-state index in [4.69, 9.17) is 25.8 Å². The normalized spacial score (nSPS) is 21.7. The summed E-state index contributed by atoms with van der Waals surface area (Å²) in [6.07, 6.45) is -2.06. The zero-order chi connectivity index (χ0) is 16.6. The molecule has 124 valence electrons. The lowest BCUT2D eigenvalue weighted by molar-refractivity contribution is -0.167. The van der Waals surface area contributed by atoms with Crippen LogP contribution < -0.4 is 14.8 Å². The highest BCUT2D eigenvalue weighted by atomic mass is 35.5. The van der Waals surface area contributed by atoms with Crippen molar-refractivity contribution in [2.24, 2.45) is 0 Å². The van der Waals surface area contributed by atoms with Gasteiger partial charge in [-0.3, -0.25) is 9.59 Å². The second-order valence-electron chi connectivity index (χ2n) is 5.22. The Hall–Kier alpha value is -2.09. The predicted molar refractivity (Wildman–Crippen MR) is 73.7 cm³/mol. The predicted octanol–water partition coefficient (Wildman–Crippen LogP) is 1.68. The van der Waals surface area contributed by atoms with Crippen molar-refractivity contribution in [3.8, 4) is 11.5 Å². The number of nitrogens with one attached hydrogen (secondary N) is 1. The number of halogens is 3. The number of carbonyl (C=O) groups excluding carboxylic acids is 2. The van der Waals surface area contributed by atoms with Gasteiger partial charge in [-0.05, 0) is 17.7 Å². The van der Waals surface area contributed by atoms with E-state index in [0.717, 1.165) is 0 Å². The highest BCUT2D eigenvalue weighted by Crippen LogP contribution is 2.40. The molecule has 9 heteroatoms. The fourth-order valence-corrected chi connectivity index (χ4v) is 2.67. The number of amides is 1. The van der Waals surface area contributed by atoms with E-state index in [1.807, 2.05) is 5.32 Å². The highest BCUT2D eigenvalue weighted by molar-refractivity contribution is 6.32. The molecule has 1 amide bonds. The summed E-state index contributed by atoms with van der Waals surface area (Å²) in [5, 5.41) is 2.30. The van der Waals surface area contributed by atoms with Crippen LogP contribution in [0, 0.1) is 0 Å². The van der Waals surface area contributed by atoms with E-state index in [2.05, 4.69) is 0 Å². The number of esters is 1. The molecule has 2 aliphatic heterocycles. The summed E-state index contributed by atoms with van der Waals surface area (Å²) >= 11 is 6.00. The average Bonchev–Trinajstić information content (AvgIpc) is 2.91. The maximum absolute atomic E-state index is 13.3. The molecule has 6 nitrogen and oxygen atoms in total. The maximum Gasteiger partial charge on any atom is 0.328 e. The Bertz CT molecular complexity index is 667. The Morgan fingerprint density at radius 3 is 2.96 bits per heavy atom. The molecule has 0 radical (unpaired) electrons. The van der Waals surface area contributed by atoms with E-state index in [-0.39, 0.29) is 19.8 Å². The lowest BCUT2D eigenvalue weighted by Crippen LogP contribution is -2.52. The molecule has 3 rings (SSSR count). The molecule has 1 N–H and O–H groups in total. The summed E-state index contributed by atoms with van der Waals surface area (Å²) < 4.78 is 41.9. The van der Waals surface area contributed by atoms with E-state index in [0.29, 0.717) is 22.1 Å². The average molecular weight is 348 g/mol. The van der Waals surface area contributed by atoms with Crippen molar-refractivity contribution in [1.82, 2.24) is 5.32 Å². The second-order valence-corrected chi connectivity index (χ2v) is 5.63. The van der Waals surface area contributed by atoms with Crippen LogP contribution >= 0.6 is 11.6 Å². The minimum Gasteiger partial charge on any atom is -0.460 e. The van der Waals surface area contributed by atoms with Crippen molar-refractivity contribution in [1.29, 1.82) is 0 Å². The van der Waals surface area contributed by atoms with Crippen LogP contribution in [0.15, 0.2) is 12.1 Å². The van der Waals surface area contributed by atoms with Crippen molar-refractivity contribution in [2.75, 3.05) is 13.3 Å². The van der Waals surface area contributed by atoms with Crippen LogP contribution in [-0.2, 0) is 20.7 Å². The molecule has 1 unspecified atom stereocenters. The van der Waals surface area contributed by atoms with E-state index in [9.17, 15) is 18.4 Å². The van der Waals surface area contributed by atoms with Crippen LogP contribution in [-0.4, -0.2) is 37.2 Å². The number of hydrogen-bond donors (Lipinski definition) is 1. The summed E-state index contributed by atoms with van der Waals surface area (Å²) in [4.78, 5) is 22.8. The van der Waals surface area contributed by atoms with Crippen LogP contribution in [0.4, 0.5) is 8.78 Å². The Balaban J connectivity index is 1.62. The monoisotopic (exact) mass is 347 g/mol. The fourth-order valence-electron chi connectivity index (χ4n) is 2.39. The standard InChI is InChI=1S/C14H12ClF2NO5/c15-9-1-7(2-10-12(9)22-6-21-10)3-11(19)23-8-4-14(16,17)13(20)18-5-8/h1-2,8H,3-6H2,(H,18,20). The van der Waals surface area contributed by atoms with Crippen molar-refractivity contribution < 1.29 is 32.6 Å². The number of piperidine rings is 1. The van der Waals surface area contributed by atoms with Gasteiger partial charge in [0.2, 0.25) is 6.79 Å². The quantitative estimate of drug-likeness (QED) is 0.842. The number of hydrogen-bond acceptors (Lipinski definition) is 5. The molecular weight excluding hydrogens is 336 g/mol. The molecule has 23 heavy (non-hydrogen) atoms. The number of rotatable bonds is 3. The number of ether oxygens (including phenoxy) is 3. The van der Waals surface area contributed by atoms with Gasteiger partial charge in [0.05, 0.1) is 24.4 Å². The van der Waals surface area contributed by atoms with Gasteiger partial charge in [-0.2, -0.15) is 8.78 Å². The second kappa shape index (κ2) is 5.84. The lowest BCUT2D eigenvalue weighted by Gasteiger charge is -2.28. The fraction of sp³-hybridized carbons (Fsp3) is 0.429. The first kappa shape index (κ1) is 15.8. The van der Waals surface area contributed by atoms with Gasteiger partial charge < -0.3 is 19.5 Å². The summed E-state index contributed by atoms with van der Waals surface area (Å²) in [5.74, 6) is -4.77. The highest BCUT2D eigenvalue weighted by Gasteiger charge is 2.46. The minimum atomic E-state index is -3.54. The van der Waals surface area contributed by atoms with Crippen molar-refractivity contribution in [3.05, 3.63) is 22.7 Å². The number of benzene rings is 1. The summed E-state index contributed by atoms with van der Waals surface area (Å²) in [6, 6.07) is 3.10. The molecule has 0 saturated carbocycles. The Morgan fingerprint density at radius 1 is 1.43 bits per heavy atom. The van der Waals surface area contributed by atoms with Crippen LogP contribution in [0.1, 0.15) is 12.0 Å². The molecule has 2 aliphatic rings. The van der Waals surface area contributed by atoms with Gasteiger partial charge in [0, 0.05) is 0 Å². The van der Waals surface area contributed by atoms with Crippen molar-refractivity contribution >= 4 is 23.5 Å². The molecule has 0 aliphatic carbocycles. The summed E-state index contributed by atoms with van der Waals surface area (Å²) in [7, 11) is 0. The van der Waals surface area contributed by atoms with Gasteiger partial charge in [0.25, 0.3) is 5.91 Å². The number of alkyl halides is 2. The zero-order valence-electron chi connectivity index (χ0n) is 11.7. The third-order valence-electron chi connectivity index (χ3n) is 3.44. The smallest absolute Gasteiger partial charge is 0.328 e. The SMILES string of the molecule is O=C(Cc1cc(Cl)c2c(c1)OCO2)OC1CNC(=O)C(F)(F)C1. The molecular formula is C14H12ClF2NO5. The van der Waals surface area contributed by atoms with Crippen molar-refractivity contribution in [2.45, 2.75) is 24.9 Å². The molecule has 0 aromatic heterocycles. The van der Waals surface area contributed by atoms with E-state index in [1.54, 1.807) is 6.07 Å². The lowest BCUT2D eigenvalue weighted by atomic mass is 10.1. The van der Waals surface area contributed by atoms with Gasteiger partial charge in [-0.15, -0.1) is 0 Å². The van der Waals surface area contributed by atoms with Gasteiger partial charge in [0.1, 0.15) is 6.10 Å². The Morgan fingerprint density at radius 2 is 2.22 bits per heavy atom. The molecule has 0 spiro atoms. The molecule has 1 saturated heterocycles. The molecule has 1 atom stereocenters. The van der Waals surface area contributed by atoms with E-state index >= 15 is 0 Å². The molecule has 0 bridgehead atoms. The van der Waals surface area contributed by atoms with Crippen molar-refractivity contribution in [3.63, 3.8) is 0 Å². The third kappa shape index (κ3) is 3.31. The Kier molecular flexibility index (Phi) is 4.01. The molecule has 1 fully saturated rings. The topological polar surface area (TPSA) is 73.9 Å². The van der Waals surface area contributed by atoms with Gasteiger partial charge in [-0.25, -0.2) is 0 Å². The zero-order valence-corrected chi connectivity index (χ0v) is 12.5.